The molecule has 1 atom stereocenters. The normalized spacial score (nSPS) is 19.1. The van der Waals surface area contributed by atoms with Crippen molar-refractivity contribution in [1.29, 1.82) is 0 Å². The number of rotatable bonds is 5. The van der Waals surface area contributed by atoms with Gasteiger partial charge in [-0.2, -0.15) is 0 Å². The molecule has 112 valence electrons. The van der Waals surface area contributed by atoms with Crippen LogP contribution in [0.2, 0.25) is 0 Å². The van der Waals surface area contributed by atoms with Crippen molar-refractivity contribution in [2.24, 2.45) is 0 Å². The van der Waals surface area contributed by atoms with E-state index < -0.39 is 0 Å². The summed E-state index contributed by atoms with van der Waals surface area (Å²) in [4.78, 5) is 11.7. The second kappa shape index (κ2) is 6.85. The highest BCUT2D eigenvalue weighted by Gasteiger charge is 2.24. The lowest BCUT2D eigenvalue weighted by Gasteiger charge is -2.36. The summed E-state index contributed by atoms with van der Waals surface area (Å²) in [5, 5.41) is 4.65. The van der Waals surface area contributed by atoms with Crippen molar-refractivity contribution in [1.82, 2.24) is 15.3 Å². The maximum atomic E-state index is 4.76. The standard InChI is InChI=1S/C17H24N4/c1-2-10-18-13-15-8-5-6-11-21(15)17-19-12-14-7-3-4-9-16(14)20-17/h3-4,7,9,12,15,18H,2,5-6,8,10-11,13H2,1H3. The summed E-state index contributed by atoms with van der Waals surface area (Å²) in [6.45, 7) is 5.39. The molecule has 4 heteroatoms. The highest BCUT2D eigenvalue weighted by atomic mass is 15.3. The fourth-order valence-corrected chi connectivity index (χ4v) is 3.02. The van der Waals surface area contributed by atoms with Crippen LogP contribution >= 0.6 is 0 Å². The molecule has 1 N–H and O–H groups in total. The van der Waals surface area contributed by atoms with Crippen LogP contribution in [0.5, 0.6) is 0 Å². The van der Waals surface area contributed by atoms with Gasteiger partial charge in [0.2, 0.25) is 5.95 Å². The Kier molecular flexibility index (Phi) is 4.65. The molecule has 0 saturated carbocycles. The third-order valence-corrected chi connectivity index (χ3v) is 4.17. The van der Waals surface area contributed by atoms with Gasteiger partial charge >= 0.3 is 0 Å². The van der Waals surface area contributed by atoms with Crippen LogP contribution < -0.4 is 10.2 Å². The molecule has 1 aliphatic rings. The first-order chi connectivity index (χ1) is 10.4. The topological polar surface area (TPSA) is 41.0 Å². The average Bonchev–Trinajstić information content (AvgIpc) is 2.55. The molecule has 2 heterocycles. The first-order valence-electron chi connectivity index (χ1n) is 8.07. The first-order valence-corrected chi connectivity index (χ1v) is 8.07. The smallest absolute Gasteiger partial charge is 0.226 e. The molecule has 1 aromatic carbocycles. The van der Waals surface area contributed by atoms with Gasteiger partial charge in [-0.05, 0) is 38.3 Å². The van der Waals surface area contributed by atoms with E-state index in [1.807, 2.05) is 18.3 Å². The fraction of sp³-hybridized carbons (Fsp3) is 0.529. The molecular weight excluding hydrogens is 260 g/mol. The van der Waals surface area contributed by atoms with E-state index in [-0.39, 0.29) is 0 Å². The van der Waals surface area contributed by atoms with Crippen LogP contribution in [0.15, 0.2) is 30.5 Å². The third kappa shape index (κ3) is 3.32. The van der Waals surface area contributed by atoms with Gasteiger partial charge in [0.05, 0.1) is 5.52 Å². The second-order valence-corrected chi connectivity index (χ2v) is 5.78. The summed E-state index contributed by atoms with van der Waals surface area (Å²) < 4.78 is 0. The zero-order valence-corrected chi connectivity index (χ0v) is 12.8. The zero-order valence-electron chi connectivity index (χ0n) is 12.8. The Hall–Kier alpha value is -1.68. The number of para-hydroxylation sites is 1. The molecule has 1 unspecified atom stereocenters. The van der Waals surface area contributed by atoms with Crippen molar-refractivity contribution in [3.63, 3.8) is 0 Å². The van der Waals surface area contributed by atoms with E-state index in [4.69, 9.17) is 4.98 Å². The summed E-state index contributed by atoms with van der Waals surface area (Å²) in [5.41, 5.74) is 1.04. The predicted octanol–water partition coefficient (Wildman–Crippen LogP) is 2.99. The lowest BCUT2D eigenvalue weighted by Crippen LogP contribution is -2.46. The van der Waals surface area contributed by atoms with Gasteiger partial charge in [0.15, 0.2) is 0 Å². The molecule has 0 aliphatic carbocycles. The van der Waals surface area contributed by atoms with Gasteiger partial charge in [-0.3, -0.25) is 0 Å². The van der Waals surface area contributed by atoms with E-state index in [1.54, 1.807) is 0 Å². The highest BCUT2D eigenvalue weighted by molar-refractivity contribution is 5.78. The van der Waals surface area contributed by atoms with Crippen LogP contribution in [0.3, 0.4) is 0 Å². The number of fused-ring (bicyclic) bond motifs is 1. The zero-order chi connectivity index (χ0) is 14.5. The van der Waals surface area contributed by atoms with Gasteiger partial charge in [0, 0.05) is 30.7 Å². The Balaban J connectivity index is 1.80. The van der Waals surface area contributed by atoms with Crippen molar-refractivity contribution in [3.8, 4) is 0 Å². The summed E-state index contributed by atoms with van der Waals surface area (Å²) in [7, 11) is 0. The lowest BCUT2D eigenvalue weighted by atomic mass is 10.0. The molecule has 0 bridgehead atoms. The van der Waals surface area contributed by atoms with Gasteiger partial charge in [-0.25, -0.2) is 9.97 Å². The van der Waals surface area contributed by atoms with Gasteiger partial charge in [0.25, 0.3) is 0 Å². The van der Waals surface area contributed by atoms with Crippen LogP contribution in [0.4, 0.5) is 5.95 Å². The Morgan fingerprint density at radius 3 is 3.10 bits per heavy atom. The van der Waals surface area contributed by atoms with E-state index in [2.05, 4.69) is 34.3 Å². The Bertz CT molecular complexity index is 584. The predicted molar refractivity (Wildman–Crippen MR) is 87.7 cm³/mol. The van der Waals surface area contributed by atoms with Gasteiger partial charge in [-0.15, -0.1) is 0 Å². The van der Waals surface area contributed by atoms with Gasteiger partial charge < -0.3 is 10.2 Å². The van der Waals surface area contributed by atoms with Crippen LogP contribution in [0.25, 0.3) is 10.9 Å². The lowest BCUT2D eigenvalue weighted by molar-refractivity contribution is 0.430. The molecule has 0 amide bonds. The van der Waals surface area contributed by atoms with Crippen molar-refractivity contribution in [2.75, 3.05) is 24.5 Å². The average molecular weight is 284 g/mol. The number of aromatic nitrogens is 2. The minimum atomic E-state index is 0.520. The minimum Gasteiger partial charge on any atom is -0.337 e. The highest BCUT2D eigenvalue weighted by Crippen LogP contribution is 2.23. The maximum Gasteiger partial charge on any atom is 0.226 e. The number of hydrogen-bond acceptors (Lipinski definition) is 4. The van der Waals surface area contributed by atoms with E-state index >= 15 is 0 Å². The number of hydrogen-bond donors (Lipinski definition) is 1. The van der Waals surface area contributed by atoms with Crippen LogP contribution in [0.1, 0.15) is 32.6 Å². The van der Waals surface area contributed by atoms with Crippen molar-refractivity contribution >= 4 is 16.9 Å². The SMILES string of the molecule is CCCNCC1CCCCN1c1ncc2ccccc2n1. The number of benzene rings is 1. The largest absolute Gasteiger partial charge is 0.337 e. The maximum absolute atomic E-state index is 4.76. The van der Waals surface area contributed by atoms with Crippen molar-refractivity contribution in [2.45, 2.75) is 38.6 Å². The van der Waals surface area contributed by atoms with E-state index in [0.29, 0.717) is 6.04 Å². The monoisotopic (exact) mass is 284 g/mol. The molecule has 2 aromatic rings. The molecule has 3 rings (SSSR count). The molecule has 1 saturated heterocycles. The Morgan fingerprint density at radius 2 is 2.19 bits per heavy atom. The fourth-order valence-electron chi connectivity index (χ4n) is 3.02. The molecule has 21 heavy (non-hydrogen) atoms. The minimum absolute atomic E-state index is 0.520. The summed E-state index contributed by atoms with van der Waals surface area (Å²) >= 11 is 0. The quantitative estimate of drug-likeness (QED) is 0.857. The van der Waals surface area contributed by atoms with E-state index in [1.165, 1.54) is 25.7 Å². The van der Waals surface area contributed by atoms with Crippen molar-refractivity contribution < 1.29 is 0 Å². The number of anilines is 1. The number of nitrogens with zero attached hydrogens (tertiary/aromatic N) is 3. The molecule has 1 aliphatic heterocycles. The molecule has 1 fully saturated rings. The van der Waals surface area contributed by atoms with Crippen LogP contribution in [-0.2, 0) is 0 Å². The third-order valence-electron chi connectivity index (χ3n) is 4.17. The molecule has 1 aromatic heterocycles. The van der Waals surface area contributed by atoms with Gasteiger partial charge in [-0.1, -0.05) is 25.1 Å². The number of nitrogens with one attached hydrogen (secondary N) is 1. The van der Waals surface area contributed by atoms with E-state index in [0.717, 1.165) is 36.5 Å². The Labute approximate surface area is 126 Å². The Morgan fingerprint density at radius 1 is 1.29 bits per heavy atom. The summed E-state index contributed by atoms with van der Waals surface area (Å²) in [5.74, 6) is 0.886. The number of piperidine rings is 1. The summed E-state index contributed by atoms with van der Waals surface area (Å²) in [6.07, 6.45) is 6.90. The summed E-state index contributed by atoms with van der Waals surface area (Å²) in [6, 6.07) is 8.72. The molecule has 0 radical (unpaired) electrons. The van der Waals surface area contributed by atoms with E-state index in [9.17, 15) is 0 Å². The molecule has 4 nitrogen and oxygen atoms in total. The van der Waals surface area contributed by atoms with Crippen LogP contribution in [-0.4, -0.2) is 35.6 Å². The van der Waals surface area contributed by atoms with Gasteiger partial charge in [0.1, 0.15) is 0 Å². The van der Waals surface area contributed by atoms with Crippen LogP contribution in [0, 0.1) is 0 Å². The van der Waals surface area contributed by atoms with Crippen molar-refractivity contribution in [3.05, 3.63) is 30.5 Å². The molecule has 0 spiro atoms. The molecular formula is C17H24N4. The first kappa shape index (κ1) is 14.3. The second-order valence-electron chi connectivity index (χ2n) is 5.78.